The van der Waals surface area contributed by atoms with Gasteiger partial charge in [-0.3, -0.25) is 0 Å². The molecule has 0 heterocycles. The first-order valence-electron chi connectivity index (χ1n) is 7.02. The van der Waals surface area contributed by atoms with E-state index in [0.29, 0.717) is 11.8 Å². The molecule has 1 aliphatic rings. The molecule has 0 saturated heterocycles. The first-order chi connectivity index (χ1) is 8.29. The van der Waals surface area contributed by atoms with Crippen LogP contribution in [0.1, 0.15) is 56.9 Å². The zero-order valence-electron chi connectivity index (χ0n) is 10.8. The van der Waals surface area contributed by atoms with E-state index in [0.717, 1.165) is 6.42 Å². The van der Waals surface area contributed by atoms with Gasteiger partial charge in [-0.1, -0.05) is 62.9 Å². The van der Waals surface area contributed by atoms with E-state index in [4.69, 9.17) is 0 Å². The number of aliphatic hydroxyl groups is 1. The summed E-state index contributed by atoms with van der Waals surface area (Å²) in [6.45, 7) is 2.27. The molecule has 0 bridgehead atoms. The highest BCUT2D eigenvalue weighted by Crippen LogP contribution is 2.34. The van der Waals surface area contributed by atoms with Crippen LogP contribution in [0.2, 0.25) is 0 Å². The van der Waals surface area contributed by atoms with Gasteiger partial charge in [0.2, 0.25) is 0 Å². The lowest BCUT2D eigenvalue weighted by molar-refractivity contribution is 0.0715. The summed E-state index contributed by atoms with van der Waals surface area (Å²) in [6, 6.07) is 10.6. The van der Waals surface area contributed by atoms with E-state index >= 15 is 0 Å². The third kappa shape index (κ3) is 3.32. The Morgan fingerprint density at radius 1 is 1.00 bits per heavy atom. The summed E-state index contributed by atoms with van der Waals surface area (Å²) in [4.78, 5) is 0. The molecule has 1 aromatic carbocycles. The minimum atomic E-state index is -0.106. The fourth-order valence-corrected chi connectivity index (χ4v) is 3.08. The summed E-state index contributed by atoms with van der Waals surface area (Å²) in [5.74, 6) is 0.919. The molecule has 2 rings (SSSR count). The first-order valence-corrected chi connectivity index (χ1v) is 7.02. The number of rotatable bonds is 2. The maximum atomic E-state index is 10.3. The van der Waals surface area contributed by atoms with E-state index in [1.165, 1.54) is 37.7 Å². The molecule has 0 radical (unpaired) electrons. The van der Waals surface area contributed by atoms with Crippen LogP contribution in [0.4, 0.5) is 0 Å². The Balaban J connectivity index is 2.07. The van der Waals surface area contributed by atoms with E-state index in [-0.39, 0.29) is 6.10 Å². The Bertz CT molecular complexity index is 320. The molecule has 1 aromatic rings. The average Bonchev–Trinajstić information content (AvgIpc) is 2.35. The van der Waals surface area contributed by atoms with Gasteiger partial charge in [-0.2, -0.15) is 0 Å². The van der Waals surface area contributed by atoms with Gasteiger partial charge in [0.1, 0.15) is 0 Å². The molecule has 3 atom stereocenters. The molecule has 1 aliphatic carbocycles. The van der Waals surface area contributed by atoms with Crippen LogP contribution in [0, 0.1) is 5.92 Å². The Morgan fingerprint density at radius 3 is 2.35 bits per heavy atom. The summed E-state index contributed by atoms with van der Waals surface area (Å²) < 4.78 is 0. The molecule has 1 N–H and O–H groups in total. The van der Waals surface area contributed by atoms with Gasteiger partial charge in [0, 0.05) is 0 Å². The molecule has 0 spiro atoms. The molecule has 94 valence electrons. The quantitative estimate of drug-likeness (QED) is 0.813. The van der Waals surface area contributed by atoms with Gasteiger partial charge in [0.25, 0.3) is 0 Å². The highest BCUT2D eigenvalue weighted by Gasteiger charge is 2.26. The van der Waals surface area contributed by atoms with Crippen LogP contribution in [-0.4, -0.2) is 11.2 Å². The highest BCUT2D eigenvalue weighted by molar-refractivity contribution is 5.19. The molecule has 0 aromatic heterocycles. The fraction of sp³-hybridized carbons (Fsp3) is 0.625. The van der Waals surface area contributed by atoms with Crippen LogP contribution in [0.5, 0.6) is 0 Å². The lowest BCUT2D eigenvalue weighted by atomic mass is 9.78. The normalized spacial score (nSPS) is 28.1. The number of aliphatic hydroxyl groups excluding tert-OH is 1. The third-order valence-electron chi connectivity index (χ3n) is 4.25. The summed E-state index contributed by atoms with van der Waals surface area (Å²) >= 11 is 0. The smallest absolute Gasteiger partial charge is 0.0574 e. The van der Waals surface area contributed by atoms with Crippen LogP contribution >= 0.6 is 0 Å². The predicted molar refractivity (Wildman–Crippen MR) is 72.1 cm³/mol. The van der Waals surface area contributed by atoms with Crippen LogP contribution in [0.3, 0.4) is 0 Å². The van der Waals surface area contributed by atoms with Gasteiger partial charge in [0.15, 0.2) is 0 Å². The van der Waals surface area contributed by atoms with E-state index in [2.05, 4.69) is 37.3 Å². The van der Waals surface area contributed by atoms with E-state index < -0.39 is 0 Å². The number of hydrogen-bond donors (Lipinski definition) is 1. The highest BCUT2D eigenvalue weighted by atomic mass is 16.3. The summed E-state index contributed by atoms with van der Waals surface area (Å²) in [5.41, 5.74) is 1.37. The lowest BCUT2D eigenvalue weighted by Gasteiger charge is -2.30. The largest absolute Gasteiger partial charge is 0.393 e. The van der Waals surface area contributed by atoms with Crippen molar-refractivity contribution in [2.45, 2.75) is 57.5 Å². The molecule has 1 heteroatoms. The zero-order valence-corrected chi connectivity index (χ0v) is 10.8. The standard InChI is InChI=1S/C16H24O/c1-13(14-9-5-4-6-10-14)15-11-7-2-3-8-12-16(15)17/h4-6,9-10,13,15-17H,2-3,7-8,11-12H2,1H3. The van der Waals surface area contributed by atoms with E-state index in [1.807, 2.05) is 0 Å². The molecule has 0 aliphatic heterocycles. The average molecular weight is 232 g/mol. The third-order valence-corrected chi connectivity index (χ3v) is 4.25. The Morgan fingerprint density at radius 2 is 1.65 bits per heavy atom. The lowest BCUT2D eigenvalue weighted by Crippen LogP contribution is -2.26. The van der Waals surface area contributed by atoms with Crippen molar-refractivity contribution in [2.75, 3.05) is 0 Å². The molecule has 17 heavy (non-hydrogen) atoms. The van der Waals surface area contributed by atoms with Crippen LogP contribution < -0.4 is 0 Å². The second-order valence-electron chi connectivity index (χ2n) is 5.42. The van der Waals surface area contributed by atoms with Crippen LogP contribution in [-0.2, 0) is 0 Å². The van der Waals surface area contributed by atoms with Crippen LogP contribution in [0.25, 0.3) is 0 Å². The predicted octanol–water partition coefficient (Wildman–Crippen LogP) is 4.12. The Hall–Kier alpha value is -0.820. The Kier molecular flexibility index (Phi) is 4.61. The molecule has 1 saturated carbocycles. The molecule has 0 amide bonds. The zero-order chi connectivity index (χ0) is 12.1. The van der Waals surface area contributed by atoms with Gasteiger partial charge in [-0.15, -0.1) is 0 Å². The fourth-order valence-electron chi connectivity index (χ4n) is 3.08. The molecule has 1 nitrogen and oxygen atoms in total. The van der Waals surface area contributed by atoms with Gasteiger partial charge < -0.3 is 5.11 Å². The van der Waals surface area contributed by atoms with Crippen molar-refractivity contribution in [1.29, 1.82) is 0 Å². The second-order valence-corrected chi connectivity index (χ2v) is 5.42. The summed E-state index contributed by atoms with van der Waals surface area (Å²) in [5, 5.41) is 10.3. The molecule has 3 unspecified atom stereocenters. The van der Waals surface area contributed by atoms with Crippen molar-refractivity contribution < 1.29 is 5.11 Å². The molecule has 1 fully saturated rings. The minimum Gasteiger partial charge on any atom is -0.393 e. The van der Waals surface area contributed by atoms with Gasteiger partial charge in [-0.25, -0.2) is 0 Å². The topological polar surface area (TPSA) is 20.2 Å². The minimum absolute atomic E-state index is 0.106. The van der Waals surface area contributed by atoms with Crippen molar-refractivity contribution in [3.05, 3.63) is 35.9 Å². The Labute approximate surface area is 105 Å². The van der Waals surface area contributed by atoms with Gasteiger partial charge >= 0.3 is 0 Å². The van der Waals surface area contributed by atoms with Crippen molar-refractivity contribution in [3.63, 3.8) is 0 Å². The summed E-state index contributed by atoms with van der Waals surface area (Å²) in [6.07, 6.45) is 7.16. The van der Waals surface area contributed by atoms with Gasteiger partial charge in [-0.05, 0) is 30.2 Å². The summed E-state index contributed by atoms with van der Waals surface area (Å²) in [7, 11) is 0. The monoisotopic (exact) mass is 232 g/mol. The molecular formula is C16H24O. The SMILES string of the molecule is CC(c1ccccc1)C1CCCCCCC1O. The van der Waals surface area contributed by atoms with E-state index in [9.17, 15) is 5.11 Å². The number of hydrogen-bond acceptors (Lipinski definition) is 1. The van der Waals surface area contributed by atoms with Crippen LogP contribution in [0.15, 0.2) is 30.3 Å². The maximum absolute atomic E-state index is 10.3. The molecular weight excluding hydrogens is 208 g/mol. The van der Waals surface area contributed by atoms with Crippen molar-refractivity contribution in [2.24, 2.45) is 5.92 Å². The van der Waals surface area contributed by atoms with Crippen molar-refractivity contribution >= 4 is 0 Å². The van der Waals surface area contributed by atoms with E-state index in [1.54, 1.807) is 0 Å². The second kappa shape index (κ2) is 6.20. The van der Waals surface area contributed by atoms with Crippen molar-refractivity contribution in [3.8, 4) is 0 Å². The first kappa shape index (κ1) is 12.6. The van der Waals surface area contributed by atoms with Gasteiger partial charge in [0.05, 0.1) is 6.10 Å². The maximum Gasteiger partial charge on any atom is 0.0574 e. The van der Waals surface area contributed by atoms with Crippen molar-refractivity contribution in [1.82, 2.24) is 0 Å². The number of benzene rings is 1.